The highest BCUT2D eigenvalue weighted by molar-refractivity contribution is 5.96. The topological polar surface area (TPSA) is 52.6 Å². The number of fused-ring (bicyclic) bond motifs is 1. The molecule has 0 atom stereocenters. The summed E-state index contributed by atoms with van der Waals surface area (Å²) in [6.07, 6.45) is 0. The van der Waals surface area contributed by atoms with E-state index in [0.717, 1.165) is 11.3 Å². The van der Waals surface area contributed by atoms with E-state index in [4.69, 9.17) is 0 Å². The largest absolute Gasteiger partial charge is 0.373 e. The number of halogens is 1. The smallest absolute Gasteiger partial charge is 0.254 e. The maximum Gasteiger partial charge on any atom is 0.254 e. The van der Waals surface area contributed by atoms with Gasteiger partial charge in [0, 0.05) is 32.4 Å². The van der Waals surface area contributed by atoms with E-state index in [2.05, 4.69) is 10.2 Å². The number of nitrogens with one attached hydrogen (secondary N) is 1. The Morgan fingerprint density at radius 3 is 2.60 bits per heavy atom. The van der Waals surface area contributed by atoms with Gasteiger partial charge in [0.2, 0.25) is 5.91 Å². The molecule has 1 aliphatic heterocycles. The van der Waals surface area contributed by atoms with Crippen molar-refractivity contribution in [3.63, 3.8) is 0 Å². The number of hydrogen-bond donors (Lipinski definition) is 1. The van der Waals surface area contributed by atoms with Crippen molar-refractivity contribution in [2.75, 3.05) is 31.6 Å². The van der Waals surface area contributed by atoms with E-state index in [1.807, 2.05) is 31.3 Å². The van der Waals surface area contributed by atoms with E-state index in [9.17, 15) is 14.0 Å². The molecule has 0 aromatic heterocycles. The molecule has 0 fully saturated rings. The molecule has 0 radical (unpaired) electrons. The van der Waals surface area contributed by atoms with Gasteiger partial charge in [0.25, 0.3) is 5.91 Å². The van der Waals surface area contributed by atoms with Crippen LogP contribution in [0, 0.1) is 5.82 Å². The van der Waals surface area contributed by atoms with Crippen molar-refractivity contribution in [3.8, 4) is 0 Å². The van der Waals surface area contributed by atoms with Gasteiger partial charge in [-0.05, 0) is 23.8 Å². The minimum Gasteiger partial charge on any atom is -0.373 e. The van der Waals surface area contributed by atoms with Gasteiger partial charge in [0.15, 0.2) is 0 Å². The predicted octanol–water partition coefficient (Wildman–Crippen LogP) is 2.03. The molecule has 25 heavy (non-hydrogen) atoms. The Labute approximate surface area is 146 Å². The monoisotopic (exact) mass is 341 g/mol. The Morgan fingerprint density at radius 1 is 1.08 bits per heavy atom. The molecule has 2 amide bonds. The Balaban J connectivity index is 1.64. The quantitative estimate of drug-likeness (QED) is 0.929. The molecule has 1 heterocycles. The number of likely N-dealkylation sites (N-methyl/N-ethyl adjacent to an activating group) is 1. The second-order valence-electron chi connectivity index (χ2n) is 6.03. The minimum absolute atomic E-state index is 0.0590. The molecule has 6 heteroatoms. The van der Waals surface area contributed by atoms with Crippen molar-refractivity contribution in [1.29, 1.82) is 0 Å². The van der Waals surface area contributed by atoms with E-state index < -0.39 is 11.7 Å². The molecular weight excluding hydrogens is 321 g/mol. The lowest BCUT2D eigenvalue weighted by Crippen LogP contribution is -2.41. The van der Waals surface area contributed by atoms with Gasteiger partial charge in [0.05, 0.1) is 12.1 Å². The summed E-state index contributed by atoms with van der Waals surface area (Å²) in [4.78, 5) is 28.4. The zero-order valence-electron chi connectivity index (χ0n) is 14.0. The van der Waals surface area contributed by atoms with Crippen LogP contribution in [0.1, 0.15) is 15.9 Å². The van der Waals surface area contributed by atoms with Crippen LogP contribution in [0.5, 0.6) is 0 Å². The van der Waals surface area contributed by atoms with Crippen molar-refractivity contribution in [2.45, 2.75) is 6.54 Å². The molecule has 0 saturated heterocycles. The first-order valence-electron chi connectivity index (χ1n) is 8.16. The average Bonchev–Trinajstić information content (AvgIpc) is 2.79. The predicted molar refractivity (Wildman–Crippen MR) is 93.9 cm³/mol. The van der Waals surface area contributed by atoms with Crippen molar-refractivity contribution in [3.05, 3.63) is 65.5 Å². The number of rotatable bonds is 3. The van der Waals surface area contributed by atoms with Crippen LogP contribution in [0.4, 0.5) is 10.1 Å². The SMILES string of the molecule is CN1CCN(C(=O)CNC(=O)c2ccccc2F)Cc2ccccc21. The molecule has 2 aromatic carbocycles. The van der Waals surface area contributed by atoms with Crippen LogP contribution in [0.2, 0.25) is 0 Å². The number of para-hydroxylation sites is 1. The van der Waals surface area contributed by atoms with E-state index in [1.165, 1.54) is 18.2 Å². The molecule has 0 spiro atoms. The van der Waals surface area contributed by atoms with Crippen molar-refractivity contribution < 1.29 is 14.0 Å². The normalized spacial score (nSPS) is 13.8. The average molecular weight is 341 g/mol. The molecule has 5 nitrogen and oxygen atoms in total. The third-order valence-corrected chi connectivity index (χ3v) is 4.34. The molecule has 130 valence electrons. The van der Waals surface area contributed by atoms with Crippen LogP contribution in [0.15, 0.2) is 48.5 Å². The summed E-state index contributed by atoms with van der Waals surface area (Å²) in [5, 5.41) is 2.51. The van der Waals surface area contributed by atoms with Gasteiger partial charge in [-0.25, -0.2) is 4.39 Å². The molecular formula is C19H20FN3O2. The van der Waals surface area contributed by atoms with E-state index in [0.29, 0.717) is 19.6 Å². The Hall–Kier alpha value is -2.89. The fourth-order valence-electron chi connectivity index (χ4n) is 2.91. The number of carbonyl (C=O) groups is 2. The second kappa shape index (κ2) is 7.34. The summed E-state index contributed by atoms with van der Waals surface area (Å²) in [7, 11) is 1.99. The molecule has 0 bridgehead atoms. The van der Waals surface area contributed by atoms with Crippen LogP contribution in [0.3, 0.4) is 0 Å². The lowest BCUT2D eigenvalue weighted by molar-refractivity contribution is -0.130. The Morgan fingerprint density at radius 2 is 1.80 bits per heavy atom. The molecule has 1 N–H and O–H groups in total. The van der Waals surface area contributed by atoms with Gasteiger partial charge in [0.1, 0.15) is 5.82 Å². The van der Waals surface area contributed by atoms with Gasteiger partial charge in [-0.2, -0.15) is 0 Å². The highest BCUT2D eigenvalue weighted by Crippen LogP contribution is 2.23. The van der Waals surface area contributed by atoms with Gasteiger partial charge >= 0.3 is 0 Å². The van der Waals surface area contributed by atoms with Crippen LogP contribution in [0.25, 0.3) is 0 Å². The number of carbonyl (C=O) groups excluding carboxylic acids is 2. The summed E-state index contributed by atoms with van der Waals surface area (Å²) >= 11 is 0. The second-order valence-corrected chi connectivity index (χ2v) is 6.03. The number of hydrogen-bond acceptors (Lipinski definition) is 3. The summed E-state index contributed by atoms with van der Waals surface area (Å²) in [5.74, 6) is -1.37. The maximum absolute atomic E-state index is 13.6. The number of nitrogens with zero attached hydrogens (tertiary/aromatic N) is 2. The number of benzene rings is 2. The molecule has 0 unspecified atom stereocenters. The summed E-state index contributed by atoms with van der Waals surface area (Å²) < 4.78 is 13.6. The Bertz CT molecular complexity index is 794. The van der Waals surface area contributed by atoms with E-state index in [1.54, 1.807) is 11.0 Å². The summed E-state index contributed by atoms with van der Waals surface area (Å²) in [6.45, 7) is 1.62. The van der Waals surface area contributed by atoms with Gasteiger partial charge < -0.3 is 15.1 Å². The first-order chi connectivity index (χ1) is 12.1. The summed E-state index contributed by atoms with van der Waals surface area (Å²) in [5.41, 5.74) is 2.11. The first-order valence-corrected chi connectivity index (χ1v) is 8.16. The van der Waals surface area contributed by atoms with Crippen LogP contribution in [-0.4, -0.2) is 43.4 Å². The third kappa shape index (κ3) is 3.79. The van der Waals surface area contributed by atoms with Crippen LogP contribution in [-0.2, 0) is 11.3 Å². The zero-order valence-corrected chi connectivity index (χ0v) is 14.0. The molecule has 2 aromatic rings. The van der Waals surface area contributed by atoms with Gasteiger partial charge in [-0.15, -0.1) is 0 Å². The van der Waals surface area contributed by atoms with Gasteiger partial charge in [-0.3, -0.25) is 9.59 Å². The highest BCUT2D eigenvalue weighted by Gasteiger charge is 2.21. The number of anilines is 1. The third-order valence-electron chi connectivity index (χ3n) is 4.34. The van der Waals surface area contributed by atoms with Crippen molar-refractivity contribution in [1.82, 2.24) is 10.2 Å². The van der Waals surface area contributed by atoms with Crippen molar-refractivity contribution >= 4 is 17.5 Å². The maximum atomic E-state index is 13.6. The number of amides is 2. The zero-order chi connectivity index (χ0) is 17.8. The molecule has 0 aliphatic carbocycles. The fraction of sp³-hybridized carbons (Fsp3) is 0.263. The lowest BCUT2D eigenvalue weighted by atomic mass is 10.1. The van der Waals surface area contributed by atoms with Crippen LogP contribution < -0.4 is 10.2 Å². The first kappa shape index (κ1) is 17.0. The highest BCUT2D eigenvalue weighted by atomic mass is 19.1. The van der Waals surface area contributed by atoms with Crippen LogP contribution >= 0.6 is 0 Å². The molecule has 3 rings (SSSR count). The van der Waals surface area contributed by atoms with Crippen molar-refractivity contribution in [2.24, 2.45) is 0 Å². The standard InChI is InChI=1S/C19H20FN3O2/c1-22-10-11-23(13-14-6-2-5-9-17(14)22)18(24)12-21-19(25)15-7-3-4-8-16(15)20/h2-9H,10-13H2,1H3,(H,21,25). The van der Waals surface area contributed by atoms with E-state index in [-0.39, 0.29) is 18.0 Å². The van der Waals surface area contributed by atoms with E-state index >= 15 is 0 Å². The Kier molecular flexibility index (Phi) is 4.97. The fourth-order valence-corrected chi connectivity index (χ4v) is 2.91. The molecule has 1 aliphatic rings. The summed E-state index contributed by atoms with van der Waals surface area (Å²) in [6, 6.07) is 13.7. The molecule has 0 saturated carbocycles. The minimum atomic E-state index is -0.599. The van der Waals surface area contributed by atoms with Gasteiger partial charge in [-0.1, -0.05) is 30.3 Å². The lowest BCUT2D eigenvalue weighted by Gasteiger charge is -2.21.